The fraction of sp³-hybridized carbons (Fsp3) is 0.0556. The molecule has 0 aliphatic heterocycles. The van der Waals surface area contributed by atoms with E-state index in [0.29, 0.717) is 5.56 Å². The van der Waals surface area contributed by atoms with E-state index in [2.05, 4.69) is 22.8 Å². The number of para-hydroxylation sites is 1. The van der Waals surface area contributed by atoms with Crippen LogP contribution < -0.4 is 28.5 Å². The van der Waals surface area contributed by atoms with Gasteiger partial charge in [-0.15, -0.1) is 0 Å². The topological polar surface area (TPSA) is 44.3 Å². The van der Waals surface area contributed by atoms with Gasteiger partial charge in [-0.05, 0) is 30.3 Å². The Balaban J connectivity index is 0.00000176. The summed E-state index contributed by atoms with van der Waals surface area (Å²) in [7, 11) is 2.01. The average molecular weight is 405 g/mol. The molecular weight excluding hydrogens is 389 g/mol. The molecule has 0 saturated heterocycles. The summed E-state index contributed by atoms with van der Waals surface area (Å²) in [6.07, 6.45) is 3.78. The van der Waals surface area contributed by atoms with E-state index in [1.165, 1.54) is 11.5 Å². The Kier molecular flexibility index (Phi) is 5.03. The van der Waals surface area contributed by atoms with E-state index >= 15 is 0 Å². The number of aromatic nitrogens is 1. The minimum absolute atomic E-state index is 0. The van der Waals surface area contributed by atoms with Crippen LogP contribution in [-0.2, 0) is 7.05 Å². The summed E-state index contributed by atoms with van der Waals surface area (Å²) >= 11 is 0. The second-order valence-electron chi connectivity index (χ2n) is 4.95. The summed E-state index contributed by atoms with van der Waals surface area (Å²) in [5, 5.41) is 20.3. The molecule has 1 heterocycles. The average Bonchev–Trinajstić information content (AvgIpc) is 2.48. The number of pyridine rings is 1. The van der Waals surface area contributed by atoms with Crippen LogP contribution in [0.25, 0.3) is 23.1 Å². The van der Waals surface area contributed by atoms with Gasteiger partial charge in [0.2, 0.25) is 11.2 Å². The molecule has 1 aromatic heterocycles. The second kappa shape index (κ2) is 6.79. The van der Waals surface area contributed by atoms with Crippen molar-refractivity contribution >= 4 is 23.1 Å². The number of hydrogen-bond donors (Lipinski definition) is 2. The number of halogens is 1. The van der Waals surface area contributed by atoms with Crippen molar-refractivity contribution in [3.63, 3.8) is 0 Å². The third-order valence-corrected chi connectivity index (χ3v) is 3.57. The maximum Gasteiger partial charge on any atom is 0.212 e. The minimum atomic E-state index is 0. The number of aromatic hydroxyl groups is 2. The van der Waals surface area contributed by atoms with Gasteiger partial charge in [0.25, 0.3) is 0 Å². The Morgan fingerprint density at radius 3 is 2.45 bits per heavy atom. The summed E-state index contributed by atoms with van der Waals surface area (Å²) < 4.78 is 2.10. The maximum absolute atomic E-state index is 9.79. The number of phenols is 2. The van der Waals surface area contributed by atoms with E-state index in [4.69, 9.17) is 0 Å². The van der Waals surface area contributed by atoms with Gasteiger partial charge in [0.15, 0.2) is 0 Å². The summed E-state index contributed by atoms with van der Waals surface area (Å²) in [5.41, 5.74) is 2.84. The number of fused-ring (bicyclic) bond motifs is 1. The number of benzene rings is 2. The number of hydrogen-bond acceptors (Lipinski definition) is 2. The first-order valence-electron chi connectivity index (χ1n) is 6.73. The highest BCUT2D eigenvalue weighted by Gasteiger charge is 2.08. The van der Waals surface area contributed by atoms with Gasteiger partial charge in [0.1, 0.15) is 18.5 Å². The van der Waals surface area contributed by atoms with Crippen molar-refractivity contribution in [3.8, 4) is 11.5 Å². The van der Waals surface area contributed by atoms with Crippen LogP contribution in [0.4, 0.5) is 0 Å². The number of nitrogens with zero attached hydrogens (tertiary/aromatic N) is 1. The number of aryl methyl sites for hydroxylation is 1. The molecule has 3 aromatic rings. The van der Waals surface area contributed by atoms with E-state index in [0.717, 1.165) is 11.2 Å². The van der Waals surface area contributed by atoms with Gasteiger partial charge in [0.05, 0.1) is 0 Å². The first-order valence-corrected chi connectivity index (χ1v) is 6.73. The van der Waals surface area contributed by atoms with Crippen molar-refractivity contribution in [1.29, 1.82) is 0 Å². The van der Waals surface area contributed by atoms with Crippen LogP contribution in [0.15, 0.2) is 54.6 Å². The van der Waals surface area contributed by atoms with E-state index < -0.39 is 0 Å². The molecule has 0 bridgehead atoms. The summed E-state index contributed by atoms with van der Waals surface area (Å²) in [6.45, 7) is 0. The van der Waals surface area contributed by atoms with Crippen LogP contribution >= 0.6 is 0 Å². The monoisotopic (exact) mass is 405 g/mol. The van der Waals surface area contributed by atoms with Gasteiger partial charge in [-0.2, -0.15) is 4.57 Å². The van der Waals surface area contributed by atoms with Crippen LogP contribution in [-0.4, -0.2) is 10.2 Å². The first kappa shape index (κ1) is 16.3. The predicted molar refractivity (Wildman–Crippen MR) is 83.8 cm³/mol. The van der Waals surface area contributed by atoms with E-state index in [-0.39, 0.29) is 35.5 Å². The lowest BCUT2D eigenvalue weighted by molar-refractivity contribution is -0.646. The zero-order valence-corrected chi connectivity index (χ0v) is 14.2. The highest BCUT2D eigenvalue weighted by Crippen LogP contribution is 2.24. The molecule has 0 aliphatic carbocycles. The Morgan fingerprint density at radius 2 is 1.68 bits per heavy atom. The largest absolute Gasteiger partial charge is 1.00 e. The van der Waals surface area contributed by atoms with Gasteiger partial charge in [-0.3, -0.25) is 0 Å². The normalized spacial score (nSPS) is 10.8. The Morgan fingerprint density at radius 1 is 0.909 bits per heavy atom. The van der Waals surface area contributed by atoms with E-state index in [1.54, 1.807) is 12.1 Å². The molecule has 0 fully saturated rings. The molecule has 3 rings (SSSR count). The lowest BCUT2D eigenvalue weighted by Crippen LogP contribution is -3.00. The van der Waals surface area contributed by atoms with E-state index in [9.17, 15) is 10.2 Å². The number of rotatable bonds is 2. The molecule has 0 unspecified atom stereocenters. The fourth-order valence-corrected chi connectivity index (χ4v) is 2.38. The fourth-order valence-electron chi connectivity index (χ4n) is 2.38. The van der Waals surface area contributed by atoms with Crippen molar-refractivity contribution in [2.24, 2.45) is 7.05 Å². The molecule has 0 amide bonds. The Labute approximate surface area is 146 Å². The van der Waals surface area contributed by atoms with Crippen molar-refractivity contribution < 1.29 is 38.8 Å². The molecule has 2 aromatic carbocycles. The highest BCUT2D eigenvalue weighted by molar-refractivity contribution is 5.77. The molecule has 0 aliphatic rings. The zero-order chi connectivity index (χ0) is 14.8. The SMILES string of the molecule is C[n+]1c(/C=C/c2ccc(O)cc2O)ccc2ccccc21.[I-]. The quantitative estimate of drug-likeness (QED) is 0.475. The first-order chi connectivity index (χ1) is 10.1. The van der Waals surface area contributed by atoms with Crippen molar-refractivity contribution in [2.45, 2.75) is 0 Å². The molecule has 0 saturated carbocycles. The summed E-state index contributed by atoms with van der Waals surface area (Å²) in [4.78, 5) is 0. The molecule has 2 N–H and O–H groups in total. The molecule has 22 heavy (non-hydrogen) atoms. The van der Waals surface area contributed by atoms with Crippen molar-refractivity contribution in [3.05, 3.63) is 65.9 Å². The standard InChI is InChI=1S/C18H15NO2.HI/c1-19-15(9-6-13-4-2-3-5-17(13)19)10-7-14-8-11-16(20)12-18(14)21;/h2-12H,1H3,(H,20,21);1H. The molecule has 0 radical (unpaired) electrons. The highest BCUT2D eigenvalue weighted by atomic mass is 127. The van der Waals surface area contributed by atoms with Gasteiger partial charge in [-0.25, -0.2) is 0 Å². The van der Waals surface area contributed by atoms with Gasteiger partial charge in [0, 0.05) is 35.2 Å². The van der Waals surface area contributed by atoms with E-state index in [1.807, 2.05) is 37.4 Å². The molecule has 3 nitrogen and oxygen atoms in total. The molecule has 0 spiro atoms. The van der Waals surface area contributed by atoms with Crippen molar-refractivity contribution in [1.82, 2.24) is 0 Å². The van der Waals surface area contributed by atoms with Crippen LogP contribution in [0.1, 0.15) is 11.3 Å². The molecule has 112 valence electrons. The summed E-state index contributed by atoms with van der Waals surface area (Å²) in [5.74, 6) is 0.121. The molecule has 0 atom stereocenters. The third-order valence-electron chi connectivity index (χ3n) is 3.57. The van der Waals surface area contributed by atoms with Crippen LogP contribution in [0, 0.1) is 0 Å². The third kappa shape index (κ3) is 3.22. The zero-order valence-electron chi connectivity index (χ0n) is 12.1. The van der Waals surface area contributed by atoms with Crippen LogP contribution in [0.3, 0.4) is 0 Å². The Bertz CT molecular complexity index is 844. The van der Waals surface area contributed by atoms with Gasteiger partial charge in [-0.1, -0.05) is 12.1 Å². The minimum Gasteiger partial charge on any atom is -1.00 e. The molecular formula is C18H16INO2. The number of phenolic OH excluding ortho intramolecular Hbond substituents is 2. The summed E-state index contributed by atoms with van der Waals surface area (Å²) in [6, 6.07) is 16.9. The smallest absolute Gasteiger partial charge is 0.212 e. The predicted octanol–water partition coefficient (Wildman–Crippen LogP) is 0.250. The lowest BCUT2D eigenvalue weighted by Gasteiger charge is -2.01. The van der Waals surface area contributed by atoms with Crippen LogP contribution in [0.5, 0.6) is 11.5 Å². The van der Waals surface area contributed by atoms with Crippen molar-refractivity contribution in [2.75, 3.05) is 0 Å². The molecule has 4 heteroatoms. The van der Waals surface area contributed by atoms with Gasteiger partial charge >= 0.3 is 0 Å². The lowest BCUT2D eigenvalue weighted by atomic mass is 10.1. The van der Waals surface area contributed by atoms with Gasteiger partial charge < -0.3 is 34.2 Å². The Hall–Kier alpha value is -2.08. The second-order valence-corrected chi connectivity index (χ2v) is 4.95. The maximum atomic E-state index is 9.79. The van der Waals surface area contributed by atoms with Crippen LogP contribution in [0.2, 0.25) is 0 Å².